The van der Waals surface area contributed by atoms with Crippen molar-refractivity contribution in [2.75, 3.05) is 0 Å². The van der Waals surface area contributed by atoms with E-state index in [-0.39, 0.29) is 11.2 Å². The van der Waals surface area contributed by atoms with Crippen LogP contribution in [0.25, 0.3) is 0 Å². The number of hydrogen-bond donors (Lipinski definition) is 0. The Bertz CT molecular complexity index is 271. The molecule has 0 unspecified atom stereocenters. The molecule has 0 aliphatic heterocycles. The van der Waals surface area contributed by atoms with E-state index in [0.29, 0.717) is 0 Å². The van der Waals surface area contributed by atoms with Crippen LogP contribution in [0.5, 0.6) is 0 Å². The Morgan fingerprint density at radius 1 is 1.33 bits per heavy atom. The zero-order chi connectivity index (χ0) is 9.35. The molecule has 1 rings (SSSR count). The van der Waals surface area contributed by atoms with E-state index >= 15 is 0 Å². The minimum atomic E-state index is -0.214. The van der Waals surface area contributed by atoms with Gasteiger partial charge in [0.25, 0.3) is 0 Å². The molecule has 1 heterocycles. The smallest absolute Gasteiger partial charge is 0.146 e. The molecule has 0 aromatic carbocycles. The summed E-state index contributed by atoms with van der Waals surface area (Å²) in [6.07, 6.45) is 2.95. The summed E-state index contributed by atoms with van der Waals surface area (Å²) < 4.78 is 14.2. The van der Waals surface area contributed by atoms with E-state index in [4.69, 9.17) is 0 Å². The average Bonchev–Trinajstić information content (AvgIpc) is 1.82. The third kappa shape index (κ3) is 1.94. The van der Waals surface area contributed by atoms with Crippen LogP contribution in [0.15, 0.2) is 12.4 Å². The largest absolute Gasteiger partial charge is 0.261 e. The lowest BCUT2D eigenvalue weighted by molar-refractivity contribution is 0.515. The SMILES string of the molecule is CC(C)(C)c1c(F)cncc1I. The van der Waals surface area contributed by atoms with Crippen LogP contribution in [0.4, 0.5) is 4.39 Å². The van der Waals surface area contributed by atoms with E-state index in [0.717, 1.165) is 9.13 Å². The maximum atomic E-state index is 13.3. The molecule has 0 fully saturated rings. The van der Waals surface area contributed by atoms with E-state index in [1.54, 1.807) is 6.20 Å². The first-order chi connectivity index (χ1) is 5.43. The van der Waals surface area contributed by atoms with E-state index in [1.807, 2.05) is 20.8 Å². The van der Waals surface area contributed by atoms with Crippen LogP contribution in [0, 0.1) is 9.39 Å². The van der Waals surface area contributed by atoms with Crippen LogP contribution in [0.2, 0.25) is 0 Å². The molecule has 1 aromatic heterocycles. The van der Waals surface area contributed by atoms with Gasteiger partial charge in [0.05, 0.1) is 6.20 Å². The van der Waals surface area contributed by atoms with E-state index in [1.165, 1.54) is 6.20 Å². The van der Waals surface area contributed by atoms with Gasteiger partial charge in [0.15, 0.2) is 0 Å². The molecule has 66 valence electrons. The predicted molar refractivity (Wildman–Crippen MR) is 55.6 cm³/mol. The molecule has 12 heavy (non-hydrogen) atoms. The third-order valence-electron chi connectivity index (χ3n) is 1.60. The summed E-state index contributed by atoms with van der Waals surface area (Å²) in [4.78, 5) is 3.78. The minimum Gasteiger partial charge on any atom is -0.261 e. The first-order valence-corrected chi connectivity index (χ1v) is 4.80. The van der Waals surface area contributed by atoms with Gasteiger partial charge in [0.1, 0.15) is 5.82 Å². The molecule has 0 spiro atoms. The van der Waals surface area contributed by atoms with Crippen LogP contribution < -0.4 is 0 Å². The molecule has 0 aliphatic carbocycles. The number of rotatable bonds is 0. The number of halogens is 2. The molecule has 1 aromatic rings. The van der Waals surface area contributed by atoms with Gasteiger partial charge < -0.3 is 0 Å². The van der Waals surface area contributed by atoms with E-state index < -0.39 is 0 Å². The molecule has 0 atom stereocenters. The van der Waals surface area contributed by atoms with Crippen molar-refractivity contribution in [3.8, 4) is 0 Å². The molecule has 0 amide bonds. The van der Waals surface area contributed by atoms with Crippen LogP contribution >= 0.6 is 22.6 Å². The summed E-state index contributed by atoms with van der Waals surface area (Å²) in [5.74, 6) is -0.214. The van der Waals surface area contributed by atoms with Gasteiger partial charge in [-0.2, -0.15) is 0 Å². The zero-order valence-corrected chi connectivity index (χ0v) is 9.52. The molecule has 0 radical (unpaired) electrons. The highest BCUT2D eigenvalue weighted by atomic mass is 127. The van der Waals surface area contributed by atoms with Gasteiger partial charge in [-0.3, -0.25) is 4.98 Å². The minimum absolute atomic E-state index is 0.149. The van der Waals surface area contributed by atoms with Crippen molar-refractivity contribution in [2.24, 2.45) is 0 Å². The summed E-state index contributed by atoms with van der Waals surface area (Å²) in [5, 5.41) is 0. The second-order valence-corrected chi connectivity index (χ2v) is 4.89. The Morgan fingerprint density at radius 2 is 1.92 bits per heavy atom. The number of hydrogen-bond acceptors (Lipinski definition) is 1. The monoisotopic (exact) mass is 279 g/mol. The molecular formula is C9H11FIN. The summed E-state index contributed by atoms with van der Waals surface area (Å²) in [7, 11) is 0. The quantitative estimate of drug-likeness (QED) is 0.665. The van der Waals surface area contributed by atoms with Gasteiger partial charge in [-0.1, -0.05) is 20.8 Å². The lowest BCUT2D eigenvalue weighted by atomic mass is 9.87. The van der Waals surface area contributed by atoms with Crippen molar-refractivity contribution in [1.29, 1.82) is 0 Å². The summed E-state index contributed by atoms with van der Waals surface area (Å²) >= 11 is 2.11. The zero-order valence-electron chi connectivity index (χ0n) is 7.36. The number of aromatic nitrogens is 1. The van der Waals surface area contributed by atoms with Gasteiger partial charge in [-0.15, -0.1) is 0 Å². The van der Waals surface area contributed by atoms with Crippen molar-refractivity contribution in [2.45, 2.75) is 26.2 Å². The van der Waals surface area contributed by atoms with Gasteiger partial charge >= 0.3 is 0 Å². The van der Waals surface area contributed by atoms with Crippen molar-refractivity contribution >= 4 is 22.6 Å². The van der Waals surface area contributed by atoms with E-state index in [2.05, 4.69) is 27.6 Å². The average molecular weight is 279 g/mol. The standard InChI is InChI=1S/C9H11FIN/c1-9(2,3)8-6(10)4-12-5-7(8)11/h4-5H,1-3H3. The Balaban J connectivity index is 3.31. The summed E-state index contributed by atoms with van der Waals surface area (Å²) in [6, 6.07) is 0. The summed E-state index contributed by atoms with van der Waals surface area (Å²) in [6.45, 7) is 5.98. The fourth-order valence-corrected chi connectivity index (χ4v) is 2.36. The second-order valence-electron chi connectivity index (χ2n) is 3.73. The Kier molecular flexibility index (Phi) is 2.70. The molecule has 0 saturated heterocycles. The molecule has 0 N–H and O–H groups in total. The van der Waals surface area contributed by atoms with Crippen LogP contribution in [-0.4, -0.2) is 4.98 Å². The van der Waals surface area contributed by atoms with Gasteiger partial charge in [0, 0.05) is 15.3 Å². The number of pyridine rings is 1. The second kappa shape index (κ2) is 3.28. The van der Waals surface area contributed by atoms with E-state index in [9.17, 15) is 4.39 Å². The topological polar surface area (TPSA) is 12.9 Å². The van der Waals surface area contributed by atoms with Gasteiger partial charge in [-0.05, 0) is 28.0 Å². The Hall–Kier alpha value is -0.190. The molecule has 1 nitrogen and oxygen atoms in total. The molecule has 0 bridgehead atoms. The highest BCUT2D eigenvalue weighted by Gasteiger charge is 2.21. The first kappa shape index (κ1) is 9.89. The first-order valence-electron chi connectivity index (χ1n) is 3.72. The predicted octanol–water partition coefficient (Wildman–Crippen LogP) is 3.12. The van der Waals surface area contributed by atoms with Crippen LogP contribution in [0.3, 0.4) is 0 Å². The van der Waals surface area contributed by atoms with Crippen molar-refractivity contribution in [3.05, 3.63) is 27.3 Å². The molecule has 3 heteroatoms. The molecule has 0 aliphatic rings. The lowest BCUT2D eigenvalue weighted by Crippen LogP contribution is -2.15. The fourth-order valence-electron chi connectivity index (χ4n) is 1.13. The van der Waals surface area contributed by atoms with Crippen LogP contribution in [0.1, 0.15) is 26.3 Å². The van der Waals surface area contributed by atoms with Gasteiger partial charge in [0.2, 0.25) is 0 Å². The van der Waals surface area contributed by atoms with Crippen LogP contribution in [-0.2, 0) is 5.41 Å². The maximum absolute atomic E-state index is 13.3. The van der Waals surface area contributed by atoms with Crippen molar-refractivity contribution in [1.82, 2.24) is 4.98 Å². The maximum Gasteiger partial charge on any atom is 0.146 e. The van der Waals surface area contributed by atoms with Gasteiger partial charge in [-0.25, -0.2) is 4.39 Å². The Labute approximate surface area is 85.5 Å². The molecular weight excluding hydrogens is 268 g/mol. The Morgan fingerprint density at radius 3 is 2.25 bits per heavy atom. The number of nitrogens with zero attached hydrogens (tertiary/aromatic N) is 1. The highest BCUT2D eigenvalue weighted by molar-refractivity contribution is 14.1. The highest BCUT2D eigenvalue weighted by Crippen LogP contribution is 2.28. The summed E-state index contributed by atoms with van der Waals surface area (Å²) in [5.41, 5.74) is 0.599. The van der Waals surface area contributed by atoms with Crippen molar-refractivity contribution in [3.63, 3.8) is 0 Å². The van der Waals surface area contributed by atoms with Crippen molar-refractivity contribution < 1.29 is 4.39 Å². The normalized spacial score (nSPS) is 11.8. The molecule has 0 saturated carbocycles. The fraction of sp³-hybridized carbons (Fsp3) is 0.444. The lowest BCUT2D eigenvalue weighted by Gasteiger charge is -2.20. The third-order valence-corrected chi connectivity index (χ3v) is 2.42.